The van der Waals surface area contributed by atoms with Gasteiger partial charge in [-0.05, 0) is 17.7 Å². The van der Waals surface area contributed by atoms with Crippen LogP contribution >= 0.6 is 0 Å². The number of pyridine rings is 1. The number of aliphatic hydroxyl groups is 1. The number of nitrogens with zero attached hydrogens (tertiary/aromatic N) is 1. The van der Waals surface area contributed by atoms with E-state index in [4.69, 9.17) is 14.9 Å². The van der Waals surface area contributed by atoms with Gasteiger partial charge in [0.25, 0.3) is 0 Å². The molecule has 0 saturated heterocycles. The van der Waals surface area contributed by atoms with Crippen molar-refractivity contribution in [1.82, 2.24) is 4.98 Å². The number of carbonyl (C=O) groups is 1. The van der Waals surface area contributed by atoms with Gasteiger partial charge < -0.3 is 14.9 Å². The van der Waals surface area contributed by atoms with E-state index in [1.54, 1.807) is 24.3 Å². The molecule has 2 rings (SSSR count). The van der Waals surface area contributed by atoms with Gasteiger partial charge in [0.05, 0.1) is 6.61 Å². The summed E-state index contributed by atoms with van der Waals surface area (Å²) in [5.41, 5.74) is 0.763. The van der Waals surface area contributed by atoms with Crippen LogP contribution in [0.4, 0.5) is 0 Å². The van der Waals surface area contributed by atoms with E-state index in [1.807, 2.05) is 0 Å². The molecule has 5 nitrogen and oxygen atoms in total. The van der Waals surface area contributed by atoms with Crippen molar-refractivity contribution in [2.45, 2.75) is 6.61 Å². The van der Waals surface area contributed by atoms with Gasteiger partial charge in [-0.3, -0.25) is 4.98 Å². The van der Waals surface area contributed by atoms with Gasteiger partial charge in [0, 0.05) is 18.5 Å². The summed E-state index contributed by atoms with van der Waals surface area (Å²) in [6.07, 6.45) is 2.70. The minimum absolute atomic E-state index is 0.00346. The Morgan fingerprint density at radius 2 is 1.94 bits per heavy atom. The highest BCUT2D eigenvalue weighted by molar-refractivity contribution is 5.90. The van der Waals surface area contributed by atoms with Gasteiger partial charge in [-0.1, -0.05) is 12.1 Å². The summed E-state index contributed by atoms with van der Waals surface area (Å²) in [7, 11) is 0. The molecule has 0 saturated carbocycles. The van der Waals surface area contributed by atoms with Crippen LogP contribution < -0.4 is 4.74 Å². The fourth-order valence-electron chi connectivity index (χ4n) is 1.42. The van der Waals surface area contributed by atoms with E-state index in [-0.39, 0.29) is 17.9 Å². The Balaban J connectivity index is 2.25. The second-order valence-corrected chi connectivity index (χ2v) is 3.58. The number of hydrogen-bond donors (Lipinski definition) is 2. The molecule has 2 aromatic rings. The second-order valence-electron chi connectivity index (χ2n) is 3.58. The molecule has 1 heterocycles. The first kappa shape index (κ1) is 12.1. The molecule has 0 aliphatic rings. The lowest BCUT2D eigenvalue weighted by molar-refractivity contribution is 0.0693. The molecule has 18 heavy (non-hydrogen) atoms. The van der Waals surface area contributed by atoms with Crippen molar-refractivity contribution < 1.29 is 19.7 Å². The van der Waals surface area contributed by atoms with Gasteiger partial charge in [0.1, 0.15) is 17.1 Å². The summed E-state index contributed by atoms with van der Waals surface area (Å²) in [5.74, 6) is -0.361. The lowest BCUT2D eigenvalue weighted by Gasteiger charge is -2.08. The molecule has 0 fully saturated rings. The molecule has 0 atom stereocenters. The van der Waals surface area contributed by atoms with E-state index < -0.39 is 5.97 Å². The molecular weight excluding hydrogens is 234 g/mol. The molecule has 1 aromatic carbocycles. The third-order valence-corrected chi connectivity index (χ3v) is 2.35. The van der Waals surface area contributed by atoms with Crippen molar-refractivity contribution in [3.8, 4) is 11.5 Å². The summed E-state index contributed by atoms with van der Waals surface area (Å²) in [6.45, 7) is -0.0457. The Labute approximate surface area is 103 Å². The van der Waals surface area contributed by atoms with Crippen LogP contribution in [0.25, 0.3) is 0 Å². The standard InChI is InChI=1S/C13H11NO4/c15-8-9-1-3-10(4-2-9)18-12-5-6-14-7-11(12)13(16)17/h1-7,15H,8H2,(H,16,17). The van der Waals surface area contributed by atoms with Crippen LogP contribution in [-0.4, -0.2) is 21.2 Å². The Kier molecular flexibility index (Phi) is 3.54. The molecule has 5 heteroatoms. The molecule has 0 unspecified atom stereocenters. The minimum atomic E-state index is -1.09. The fourth-order valence-corrected chi connectivity index (χ4v) is 1.42. The zero-order chi connectivity index (χ0) is 13.0. The smallest absolute Gasteiger partial charge is 0.341 e. The summed E-state index contributed by atoms with van der Waals surface area (Å²) in [6, 6.07) is 8.23. The van der Waals surface area contributed by atoms with Crippen LogP contribution in [-0.2, 0) is 6.61 Å². The molecule has 0 aliphatic carbocycles. The maximum atomic E-state index is 11.0. The molecule has 1 aromatic heterocycles. The number of hydrogen-bond acceptors (Lipinski definition) is 4. The van der Waals surface area contributed by atoms with Crippen molar-refractivity contribution >= 4 is 5.97 Å². The molecule has 0 spiro atoms. The predicted octanol–water partition coefficient (Wildman–Crippen LogP) is 2.06. The van der Waals surface area contributed by atoms with Gasteiger partial charge in [-0.15, -0.1) is 0 Å². The van der Waals surface area contributed by atoms with Crippen LogP contribution in [0.3, 0.4) is 0 Å². The third kappa shape index (κ3) is 2.64. The fraction of sp³-hybridized carbons (Fsp3) is 0.0769. The topological polar surface area (TPSA) is 79.7 Å². The average Bonchev–Trinajstić information content (AvgIpc) is 2.40. The lowest BCUT2D eigenvalue weighted by atomic mass is 10.2. The molecule has 0 aliphatic heterocycles. The van der Waals surface area contributed by atoms with Crippen LogP contribution in [0.1, 0.15) is 15.9 Å². The average molecular weight is 245 g/mol. The zero-order valence-corrected chi connectivity index (χ0v) is 9.41. The van der Waals surface area contributed by atoms with Crippen LogP contribution in [0, 0.1) is 0 Å². The van der Waals surface area contributed by atoms with E-state index in [0.717, 1.165) is 5.56 Å². The summed E-state index contributed by atoms with van der Waals surface area (Å²) >= 11 is 0. The molecule has 0 amide bonds. The Hall–Kier alpha value is -2.40. The number of ether oxygens (including phenoxy) is 1. The highest BCUT2D eigenvalue weighted by Gasteiger charge is 2.11. The summed E-state index contributed by atoms with van der Waals surface area (Å²) in [4.78, 5) is 14.7. The molecule has 2 N–H and O–H groups in total. The predicted molar refractivity (Wildman–Crippen MR) is 63.6 cm³/mol. The number of aromatic carboxylic acids is 1. The van der Waals surface area contributed by atoms with E-state index in [9.17, 15) is 4.79 Å². The number of benzene rings is 1. The van der Waals surface area contributed by atoms with E-state index in [0.29, 0.717) is 5.75 Å². The monoisotopic (exact) mass is 245 g/mol. The van der Waals surface area contributed by atoms with Crippen molar-refractivity contribution in [2.24, 2.45) is 0 Å². The van der Waals surface area contributed by atoms with Crippen LogP contribution in [0.2, 0.25) is 0 Å². The third-order valence-electron chi connectivity index (χ3n) is 2.35. The molecule has 0 radical (unpaired) electrons. The maximum absolute atomic E-state index is 11.0. The minimum Gasteiger partial charge on any atom is -0.477 e. The quantitative estimate of drug-likeness (QED) is 0.861. The van der Waals surface area contributed by atoms with Crippen molar-refractivity contribution in [3.05, 3.63) is 53.9 Å². The first-order valence-electron chi connectivity index (χ1n) is 5.25. The van der Waals surface area contributed by atoms with Gasteiger partial charge in [0.2, 0.25) is 0 Å². The summed E-state index contributed by atoms with van der Waals surface area (Å²) in [5, 5.41) is 17.9. The van der Waals surface area contributed by atoms with E-state index in [1.165, 1.54) is 18.5 Å². The first-order chi connectivity index (χ1) is 8.70. The Bertz CT molecular complexity index is 551. The number of aliphatic hydroxyl groups excluding tert-OH is 1. The summed E-state index contributed by atoms with van der Waals surface area (Å²) < 4.78 is 5.47. The largest absolute Gasteiger partial charge is 0.477 e. The van der Waals surface area contributed by atoms with Gasteiger partial charge in [0.15, 0.2) is 0 Å². The van der Waals surface area contributed by atoms with Crippen molar-refractivity contribution in [2.75, 3.05) is 0 Å². The molecule has 92 valence electrons. The van der Waals surface area contributed by atoms with Crippen molar-refractivity contribution in [1.29, 1.82) is 0 Å². The SMILES string of the molecule is O=C(O)c1cnccc1Oc1ccc(CO)cc1. The lowest BCUT2D eigenvalue weighted by Crippen LogP contribution is -2.00. The number of carboxylic acids is 1. The normalized spacial score (nSPS) is 10.1. The van der Waals surface area contributed by atoms with Crippen molar-refractivity contribution in [3.63, 3.8) is 0 Å². The second kappa shape index (κ2) is 5.29. The zero-order valence-electron chi connectivity index (χ0n) is 9.41. The maximum Gasteiger partial charge on any atom is 0.341 e. The first-order valence-corrected chi connectivity index (χ1v) is 5.25. The van der Waals surface area contributed by atoms with E-state index >= 15 is 0 Å². The number of aromatic nitrogens is 1. The number of rotatable bonds is 4. The molecular formula is C13H11NO4. The van der Waals surface area contributed by atoms with Gasteiger partial charge in [-0.2, -0.15) is 0 Å². The van der Waals surface area contributed by atoms with Crippen LogP contribution in [0.5, 0.6) is 11.5 Å². The van der Waals surface area contributed by atoms with Crippen LogP contribution in [0.15, 0.2) is 42.7 Å². The highest BCUT2D eigenvalue weighted by Crippen LogP contribution is 2.24. The van der Waals surface area contributed by atoms with Gasteiger partial charge >= 0.3 is 5.97 Å². The Morgan fingerprint density at radius 3 is 2.56 bits per heavy atom. The van der Waals surface area contributed by atoms with Gasteiger partial charge in [-0.25, -0.2) is 4.79 Å². The number of carboxylic acid groups (broad SMARTS) is 1. The van der Waals surface area contributed by atoms with E-state index in [2.05, 4.69) is 4.98 Å². The molecule has 0 bridgehead atoms. The highest BCUT2D eigenvalue weighted by atomic mass is 16.5. The Morgan fingerprint density at radius 1 is 1.22 bits per heavy atom.